The van der Waals surface area contributed by atoms with Crippen molar-refractivity contribution in [3.63, 3.8) is 0 Å². The van der Waals surface area contributed by atoms with Gasteiger partial charge < -0.3 is 10.1 Å². The van der Waals surface area contributed by atoms with Gasteiger partial charge in [-0.1, -0.05) is 0 Å². The Morgan fingerprint density at radius 3 is 2.76 bits per heavy atom. The van der Waals surface area contributed by atoms with Crippen LogP contribution in [0.1, 0.15) is 12.2 Å². The molecule has 8 heteroatoms. The molecule has 0 fully saturated rings. The molecule has 1 heterocycles. The summed E-state index contributed by atoms with van der Waals surface area (Å²) in [4.78, 5) is 24.8. The summed E-state index contributed by atoms with van der Waals surface area (Å²) in [5, 5.41) is 8.60. The number of aryl methyl sites for hydroxylation is 1. The predicted molar refractivity (Wildman–Crippen MR) is 72.4 cm³/mol. The maximum atomic E-state index is 12.7. The van der Waals surface area contributed by atoms with E-state index >= 15 is 0 Å². The van der Waals surface area contributed by atoms with Crippen molar-refractivity contribution in [1.82, 2.24) is 20.5 Å². The molecule has 112 valence electrons. The summed E-state index contributed by atoms with van der Waals surface area (Å²) >= 11 is 0. The number of carbonyl (C=O) groups excluding carboxylic acids is 1. The number of carbonyl (C=O) groups is 1. The lowest BCUT2D eigenvalue weighted by Crippen LogP contribution is -2.28. The molecule has 0 aliphatic rings. The van der Waals surface area contributed by atoms with Crippen LogP contribution in [0.4, 0.5) is 4.39 Å². The van der Waals surface area contributed by atoms with Gasteiger partial charge in [0.15, 0.2) is 0 Å². The van der Waals surface area contributed by atoms with Crippen LogP contribution in [0.25, 0.3) is 0 Å². The smallest absolute Gasteiger partial charge is 0.340 e. The number of aromatic nitrogens is 3. The Hall–Kier alpha value is -2.64. The monoisotopic (exact) mass is 294 g/mol. The Morgan fingerprint density at radius 1 is 1.33 bits per heavy atom. The van der Waals surface area contributed by atoms with Gasteiger partial charge >= 0.3 is 5.69 Å². The van der Waals surface area contributed by atoms with Crippen LogP contribution in [-0.2, 0) is 11.2 Å². The third kappa shape index (κ3) is 5.09. The fraction of sp³-hybridized carbons (Fsp3) is 0.308. The normalized spacial score (nSPS) is 10.3. The first-order chi connectivity index (χ1) is 10.1. The zero-order chi connectivity index (χ0) is 15.1. The maximum Gasteiger partial charge on any atom is 0.340 e. The first-order valence-electron chi connectivity index (χ1n) is 6.42. The van der Waals surface area contributed by atoms with Gasteiger partial charge in [-0.05, 0) is 24.3 Å². The number of rotatable bonds is 7. The molecule has 0 saturated carbocycles. The standard InChI is InChI=1S/C13H15FN4O3/c14-9-1-3-10(4-2-9)21-8-7-15-12(19)6-5-11-16-13(20)18-17-11/h1-4H,5-8H2,(H,15,19)(H2,16,17,18,20). The van der Waals surface area contributed by atoms with Crippen molar-refractivity contribution in [1.29, 1.82) is 0 Å². The Bertz CT molecular complexity index is 635. The molecule has 3 N–H and O–H groups in total. The van der Waals surface area contributed by atoms with Gasteiger partial charge in [-0.2, -0.15) is 5.10 Å². The quantitative estimate of drug-likeness (QED) is 0.642. The maximum absolute atomic E-state index is 12.7. The van der Waals surface area contributed by atoms with Crippen molar-refractivity contribution >= 4 is 5.91 Å². The SMILES string of the molecule is O=C(CCc1n[nH]c(=O)[nH]1)NCCOc1ccc(F)cc1. The predicted octanol–water partition coefficient (Wildman–Crippen LogP) is 0.365. The lowest BCUT2D eigenvalue weighted by molar-refractivity contribution is -0.121. The van der Waals surface area contributed by atoms with Gasteiger partial charge in [0, 0.05) is 12.8 Å². The highest BCUT2D eigenvalue weighted by atomic mass is 19.1. The highest BCUT2D eigenvalue weighted by Crippen LogP contribution is 2.10. The van der Waals surface area contributed by atoms with Crippen molar-refractivity contribution in [3.8, 4) is 5.75 Å². The van der Waals surface area contributed by atoms with Crippen LogP contribution in [0, 0.1) is 5.82 Å². The zero-order valence-corrected chi connectivity index (χ0v) is 11.2. The Kier molecular flexibility index (Phi) is 5.08. The molecule has 1 aromatic heterocycles. The fourth-order valence-electron chi connectivity index (χ4n) is 1.63. The van der Waals surface area contributed by atoms with Gasteiger partial charge in [0.2, 0.25) is 5.91 Å². The number of nitrogens with zero attached hydrogens (tertiary/aromatic N) is 1. The Morgan fingerprint density at radius 2 is 2.10 bits per heavy atom. The summed E-state index contributed by atoms with van der Waals surface area (Å²) in [5.74, 6) is 0.492. The lowest BCUT2D eigenvalue weighted by atomic mass is 10.3. The van der Waals surface area contributed by atoms with E-state index in [1.807, 2.05) is 0 Å². The number of ether oxygens (including phenoxy) is 1. The molecule has 2 rings (SSSR count). The molecule has 0 saturated heterocycles. The van der Waals surface area contributed by atoms with Crippen molar-refractivity contribution in [2.75, 3.05) is 13.2 Å². The van der Waals surface area contributed by atoms with Crippen LogP contribution in [0.5, 0.6) is 5.75 Å². The van der Waals surface area contributed by atoms with E-state index in [2.05, 4.69) is 20.5 Å². The van der Waals surface area contributed by atoms with Crippen molar-refractivity contribution in [3.05, 3.63) is 46.4 Å². The second-order valence-corrected chi connectivity index (χ2v) is 4.28. The van der Waals surface area contributed by atoms with Gasteiger partial charge in [0.1, 0.15) is 24.0 Å². The molecular formula is C13H15FN4O3. The van der Waals surface area contributed by atoms with Crippen LogP contribution >= 0.6 is 0 Å². The van der Waals surface area contributed by atoms with E-state index in [0.29, 0.717) is 24.5 Å². The first-order valence-corrected chi connectivity index (χ1v) is 6.42. The number of nitrogens with one attached hydrogen (secondary N) is 3. The van der Waals surface area contributed by atoms with Gasteiger partial charge in [-0.25, -0.2) is 14.3 Å². The minimum absolute atomic E-state index is 0.165. The molecule has 2 aromatic rings. The van der Waals surface area contributed by atoms with Crippen LogP contribution < -0.4 is 15.7 Å². The highest BCUT2D eigenvalue weighted by Gasteiger charge is 2.04. The number of halogens is 1. The average Bonchev–Trinajstić information content (AvgIpc) is 2.89. The van der Waals surface area contributed by atoms with Crippen molar-refractivity contribution < 1.29 is 13.9 Å². The number of hydrogen-bond donors (Lipinski definition) is 3. The van der Waals surface area contributed by atoms with E-state index in [1.54, 1.807) is 0 Å². The molecule has 0 radical (unpaired) electrons. The summed E-state index contributed by atoms with van der Waals surface area (Å²) in [7, 11) is 0. The summed E-state index contributed by atoms with van der Waals surface area (Å²) in [6.45, 7) is 0.629. The van der Waals surface area contributed by atoms with Crippen molar-refractivity contribution in [2.24, 2.45) is 0 Å². The van der Waals surface area contributed by atoms with Gasteiger partial charge in [-0.3, -0.25) is 9.78 Å². The number of amides is 1. The Balaban J connectivity index is 1.60. The molecule has 7 nitrogen and oxygen atoms in total. The molecule has 0 spiro atoms. The minimum Gasteiger partial charge on any atom is -0.492 e. The van der Waals surface area contributed by atoms with E-state index in [-0.39, 0.29) is 24.8 Å². The molecule has 21 heavy (non-hydrogen) atoms. The molecule has 0 unspecified atom stereocenters. The number of aromatic amines is 2. The number of H-pyrrole nitrogens is 2. The van der Waals surface area contributed by atoms with Crippen LogP contribution in [-0.4, -0.2) is 34.2 Å². The van der Waals surface area contributed by atoms with Gasteiger partial charge in [0.05, 0.1) is 6.54 Å². The van der Waals surface area contributed by atoms with E-state index in [4.69, 9.17) is 4.74 Å². The summed E-state index contributed by atoms with van der Waals surface area (Å²) < 4.78 is 18.0. The molecule has 1 amide bonds. The Labute approximate surface area is 119 Å². The van der Waals surface area contributed by atoms with Gasteiger partial charge in [-0.15, -0.1) is 0 Å². The van der Waals surface area contributed by atoms with Crippen molar-refractivity contribution in [2.45, 2.75) is 12.8 Å². The van der Waals surface area contributed by atoms with Crippen LogP contribution in [0.3, 0.4) is 0 Å². The largest absolute Gasteiger partial charge is 0.492 e. The molecule has 0 aliphatic heterocycles. The molecule has 1 aromatic carbocycles. The zero-order valence-electron chi connectivity index (χ0n) is 11.2. The molecule has 0 atom stereocenters. The van der Waals surface area contributed by atoms with Crippen LogP contribution in [0.2, 0.25) is 0 Å². The average molecular weight is 294 g/mol. The molecular weight excluding hydrogens is 279 g/mol. The van der Waals surface area contributed by atoms with E-state index < -0.39 is 5.69 Å². The van der Waals surface area contributed by atoms with Crippen LogP contribution in [0.15, 0.2) is 29.1 Å². The summed E-state index contributed by atoms with van der Waals surface area (Å²) in [5.41, 5.74) is -0.391. The third-order valence-electron chi connectivity index (χ3n) is 2.65. The summed E-state index contributed by atoms with van der Waals surface area (Å²) in [6.07, 6.45) is 0.570. The number of benzene rings is 1. The lowest BCUT2D eigenvalue weighted by Gasteiger charge is -2.07. The molecule has 0 aliphatic carbocycles. The second kappa shape index (κ2) is 7.22. The summed E-state index contributed by atoms with van der Waals surface area (Å²) in [6, 6.07) is 5.65. The third-order valence-corrected chi connectivity index (χ3v) is 2.65. The second-order valence-electron chi connectivity index (χ2n) is 4.28. The van der Waals surface area contributed by atoms with E-state index in [9.17, 15) is 14.0 Å². The van der Waals surface area contributed by atoms with Gasteiger partial charge in [0.25, 0.3) is 0 Å². The minimum atomic E-state index is -0.391. The van der Waals surface area contributed by atoms with E-state index in [1.165, 1.54) is 24.3 Å². The topological polar surface area (TPSA) is 99.9 Å². The number of hydrogen-bond acceptors (Lipinski definition) is 4. The first kappa shape index (κ1) is 14.8. The van der Waals surface area contributed by atoms with E-state index in [0.717, 1.165) is 0 Å². The molecule has 0 bridgehead atoms. The highest BCUT2D eigenvalue weighted by molar-refractivity contribution is 5.75. The fourth-order valence-corrected chi connectivity index (χ4v) is 1.63.